The Balaban J connectivity index is 1.93. The summed E-state index contributed by atoms with van der Waals surface area (Å²) in [7, 11) is 0. The number of amides is 1. The van der Waals surface area contributed by atoms with E-state index in [1.54, 1.807) is 4.90 Å². The fourth-order valence-electron chi connectivity index (χ4n) is 3.14. The highest BCUT2D eigenvalue weighted by Crippen LogP contribution is 2.41. The molecule has 2 unspecified atom stereocenters. The minimum Gasteiger partial charge on any atom is -0.443 e. The van der Waals surface area contributed by atoms with Gasteiger partial charge in [0.2, 0.25) is 0 Å². The molecule has 108 valence electrons. The first-order valence-corrected chi connectivity index (χ1v) is 7.28. The van der Waals surface area contributed by atoms with Crippen LogP contribution in [0.25, 0.3) is 0 Å². The SMILES string of the molecule is CC(C)(C)OC(=O)N1CC2CCNC2c2ccccc21. The lowest BCUT2D eigenvalue weighted by Gasteiger charge is -2.37. The van der Waals surface area contributed by atoms with Gasteiger partial charge < -0.3 is 10.1 Å². The van der Waals surface area contributed by atoms with E-state index in [0.29, 0.717) is 12.0 Å². The highest BCUT2D eigenvalue weighted by Gasteiger charge is 2.39. The fourth-order valence-corrected chi connectivity index (χ4v) is 3.14. The largest absolute Gasteiger partial charge is 0.443 e. The van der Waals surface area contributed by atoms with Crippen LogP contribution in [0.2, 0.25) is 0 Å². The van der Waals surface area contributed by atoms with E-state index in [1.807, 2.05) is 39.0 Å². The second-order valence-corrected chi connectivity index (χ2v) is 6.63. The van der Waals surface area contributed by atoms with E-state index in [0.717, 1.165) is 25.2 Å². The summed E-state index contributed by atoms with van der Waals surface area (Å²) < 4.78 is 5.55. The van der Waals surface area contributed by atoms with Crippen LogP contribution < -0.4 is 10.2 Å². The van der Waals surface area contributed by atoms with E-state index in [-0.39, 0.29) is 6.09 Å². The topological polar surface area (TPSA) is 41.6 Å². The first-order valence-electron chi connectivity index (χ1n) is 7.28. The van der Waals surface area contributed by atoms with Crippen molar-refractivity contribution >= 4 is 11.8 Å². The highest BCUT2D eigenvalue weighted by atomic mass is 16.6. The van der Waals surface area contributed by atoms with Crippen molar-refractivity contribution in [3.8, 4) is 0 Å². The standard InChI is InChI=1S/C16H22N2O2/c1-16(2,3)20-15(19)18-10-11-8-9-17-14(11)12-6-4-5-7-13(12)18/h4-7,11,14,17H,8-10H2,1-3H3. The second-order valence-electron chi connectivity index (χ2n) is 6.63. The lowest BCUT2D eigenvalue weighted by molar-refractivity contribution is 0.0569. The minimum absolute atomic E-state index is 0.240. The maximum absolute atomic E-state index is 12.4. The number of nitrogens with zero attached hydrogens (tertiary/aromatic N) is 1. The van der Waals surface area contributed by atoms with Crippen molar-refractivity contribution in [2.75, 3.05) is 18.0 Å². The number of rotatable bonds is 0. The van der Waals surface area contributed by atoms with Crippen LogP contribution in [-0.4, -0.2) is 24.8 Å². The van der Waals surface area contributed by atoms with Gasteiger partial charge in [0.1, 0.15) is 5.60 Å². The maximum Gasteiger partial charge on any atom is 0.414 e. The van der Waals surface area contributed by atoms with Gasteiger partial charge in [-0.25, -0.2) is 4.79 Å². The van der Waals surface area contributed by atoms with Crippen molar-refractivity contribution in [3.05, 3.63) is 29.8 Å². The predicted octanol–water partition coefficient (Wildman–Crippen LogP) is 3.09. The van der Waals surface area contributed by atoms with Gasteiger partial charge >= 0.3 is 6.09 Å². The summed E-state index contributed by atoms with van der Waals surface area (Å²) in [5.41, 5.74) is 1.74. The number of nitrogens with one attached hydrogen (secondary N) is 1. The highest BCUT2D eigenvalue weighted by molar-refractivity contribution is 5.89. The van der Waals surface area contributed by atoms with E-state index in [9.17, 15) is 4.79 Å². The molecule has 0 aromatic heterocycles. The first kappa shape index (κ1) is 13.4. The number of carbonyl (C=O) groups excluding carboxylic acids is 1. The molecule has 0 radical (unpaired) electrons. The molecular weight excluding hydrogens is 252 g/mol. The van der Waals surface area contributed by atoms with Crippen molar-refractivity contribution in [1.82, 2.24) is 5.32 Å². The van der Waals surface area contributed by atoms with Crippen molar-refractivity contribution in [1.29, 1.82) is 0 Å². The predicted molar refractivity (Wildman–Crippen MR) is 78.9 cm³/mol. The molecule has 2 heterocycles. The van der Waals surface area contributed by atoms with Gasteiger partial charge in [-0.3, -0.25) is 4.90 Å². The Labute approximate surface area is 120 Å². The van der Waals surface area contributed by atoms with Gasteiger partial charge in [-0.05, 0) is 51.3 Å². The Morgan fingerprint density at radius 3 is 2.85 bits per heavy atom. The lowest BCUT2D eigenvalue weighted by atomic mass is 9.88. The van der Waals surface area contributed by atoms with Gasteiger partial charge in [0.25, 0.3) is 0 Å². The third-order valence-electron chi connectivity index (χ3n) is 3.94. The summed E-state index contributed by atoms with van der Waals surface area (Å²) in [6.07, 6.45) is 0.869. The summed E-state index contributed by atoms with van der Waals surface area (Å²) >= 11 is 0. The number of hydrogen-bond acceptors (Lipinski definition) is 3. The molecule has 2 atom stereocenters. The van der Waals surface area contributed by atoms with Crippen molar-refractivity contribution in [2.24, 2.45) is 5.92 Å². The first-order chi connectivity index (χ1) is 9.46. The van der Waals surface area contributed by atoms with Crippen LogP contribution in [0.5, 0.6) is 0 Å². The van der Waals surface area contributed by atoms with Gasteiger partial charge in [0.05, 0.1) is 5.69 Å². The van der Waals surface area contributed by atoms with Crippen LogP contribution in [0.1, 0.15) is 38.8 Å². The Hall–Kier alpha value is -1.55. The quantitative estimate of drug-likeness (QED) is 0.790. The summed E-state index contributed by atoms with van der Waals surface area (Å²) in [5, 5.41) is 3.54. The van der Waals surface area contributed by atoms with Crippen LogP contribution in [0.3, 0.4) is 0 Å². The number of hydrogen-bond donors (Lipinski definition) is 1. The Morgan fingerprint density at radius 2 is 2.10 bits per heavy atom. The zero-order valence-electron chi connectivity index (χ0n) is 12.3. The molecule has 0 saturated carbocycles. The average Bonchev–Trinajstić information content (AvgIpc) is 2.84. The zero-order chi connectivity index (χ0) is 14.3. The van der Waals surface area contributed by atoms with Crippen LogP contribution in [0, 0.1) is 5.92 Å². The van der Waals surface area contributed by atoms with Gasteiger partial charge in [-0.15, -0.1) is 0 Å². The Kier molecular flexibility index (Phi) is 3.21. The molecule has 1 aromatic rings. The summed E-state index contributed by atoms with van der Waals surface area (Å²) in [6.45, 7) is 7.47. The molecule has 1 N–H and O–H groups in total. The zero-order valence-corrected chi connectivity index (χ0v) is 12.3. The molecule has 0 bridgehead atoms. The number of ether oxygens (including phenoxy) is 1. The third kappa shape index (κ3) is 2.40. The maximum atomic E-state index is 12.4. The minimum atomic E-state index is -0.462. The fraction of sp³-hybridized carbons (Fsp3) is 0.562. The number of benzene rings is 1. The molecule has 1 fully saturated rings. The normalized spacial score (nSPS) is 25.1. The van der Waals surface area contributed by atoms with E-state index in [4.69, 9.17) is 4.74 Å². The van der Waals surface area contributed by atoms with Crippen LogP contribution in [0.4, 0.5) is 10.5 Å². The van der Waals surface area contributed by atoms with Crippen LogP contribution >= 0.6 is 0 Å². The van der Waals surface area contributed by atoms with Gasteiger partial charge in [-0.2, -0.15) is 0 Å². The van der Waals surface area contributed by atoms with Gasteiger partial charge in [0.15, 0.2) is 0 Å². The lowest BCUT2D eigenvalue weighted by Crippen LogP contribution is -2.44. The molecule has 1 aromatic carbocycles. The van der Waals surface area contributed by atoms with Gasteiger partial charge in [0, 0.05) is 12.6 Å². The summed E-state index contributed by atoms with van der Waals surface area (Å²) in [6, 6.07) is 8.52. The molecule has 3 rings (SSSR count). The molecule has 0 spiro atoms. The number of fused-ring (bicyclic) bond motifs is 3. The number of anilines is 1. The number of para-hydroxylation sites is 1. The molecular formula is C16H22N2O2. The van der Waals surface area contributed by atoms with E-state index in [1.165, 1.54) is 5.56 Å². The molecule has 20 heavy (non-hydrogen) atoms. The van der Waals surface area contributed by atoms with E-state index < -0.39 is 5.60 Å². The Bertz CT molecular complexity index is 521. The molecule has 2 aliphatic heterocycles. The van der Waals surface area contributed by atoms with E-state index >= 15 is 0 Å². The smallest absolute Gasteiger partial charge is 0.414 e. The monoisotopic (exact) mass is 274 g/mol. The van der Waals surface area contributed by atoms with Crippen molar-refractivity contribution < 1.29 is 9.53 Å². The molecule has 4 nitrogen and oxygen atoms in total. The average molecular weight is 274 g/mol. The molecule has 2 aliphatic rings. The molecule has 1 amide bonds. The summed E-state index contributed by atoms with van der Waals surface area (Å²) in [5.74, 6) is 0.484. The second kappa shape index (κ2) is 4.77. The number of carbonyl (C=O) groups is 1. The molecule has 1 saturated heterocycles. The molecule has 0 aliphatic carbocycles. The van der Waals surface area contributed by atoms with E-state index in [2.05, 4.69) is 11.4 Å². The van der Waals surface area contributed by atoms with Crippen molar-refractivity contribution in [2.45, 2.75) is 38.8 Å². The van der Waals surface area contributed by atoms with Crippen LogP contribution in [0.15, 0.2) is 24.3 Å². The Morgan fingerprint density at radius 1 is 1.35 bits per heavy atom. The third-order valence-corrected chi connectivity index (χ3v) is 3.94. The van der Waals surface area contributed by atoms with Crippen molar-refractivity contribution in [3.63, 3.8) is 0 Å². The summed E-state index contributed by atoms with van der Waals surface area (Å²) in [4.78, 5) is 14.2. The van der Waals surface area contributed by atoms with Crippen LogP contribution in [-0.2, 0) is 4.74 Å². The van der Waals surface area contributed by atoms with Gasteiger partial charge in [-0.1, -0.05) is 18.2 Å². The molecule has 4 heteroatoms.